The Kier molecular flexibility index (Phi) is 5.98. The van der Waals surface area contributed by atoms with Gasteiger partial charge in [0.25, 0.3) is 0 Å². The van der Waals surface area contributed by atoms with Gasteiger partial charge in [-0.15, -0.1) is 0 Å². The lowest BCUT2D eigenvalue weighted by Gasteiger charge is -2.20. The summed E-state index contributed by atoms with van der Waals surface area (Å²) in [6, 6.07) is 26.8. The minimum Gasteiger partial charge on any atom is -0.497 e. The minimum atomic E-state index is -4.61. The van der Waals surface area contributed by atoms with Crippen LogP contribution in [0.2, 0.25) is 0 Å². The summed E-state index contributed by atoms with van der Waals surface area (Å²) in [7, 11) is 1.55. The van der Waals surface area contributed by atoms with Crippen LogP contribution in [0.3, 0.4) is 0 Å². The topological polar surface area (TPSA) is 9.23 Å². The van der Waals surface area contributed by atoms with E-state index < -0.39 is 23.5 Å². The van der Waals surface area contributed by atoms with E-state index in [1.165, 1.54) is 18.2 Å². The van der Waals surface area contributed by atoms with Gasteiger partial charge < -0.3 is 4.74 Å². The Bertz CT molecular complexity index is 1880. The highest BCUT2D eigenvalue weighted by Gasteiger charge is 2.32. The molecule has 7 heteroatoms. The average Bonchev–Trinajstić information content (AvgIpc) is 2.94. The van der Waals surface area contributed by atoms with Crippen LogP contribution in [0, 0.1) is 0 Å². The first-order valence-corrected chi connectivity index (χ1v) is 12.4. The predicted octanol–water partition coefficient (Wildman–Crippen LogP) is 10.5. The molecule has 6 aromatic rings. The maximum atomic E-state index is 13.9. The lowest BCUT2D eigenvalue weighted by molar-refractivity contribution is -0.138. The van der Waals surface area contributed by atoms with Crippen molar-refractivity contribution in [3.8, 4) is 28.0 Å². The lowest BCUT2D eigenvalue weighted by atomic mass is 9.84. The highest BCUT2D eigenvalue weighted by molar-refractivity contribution is 6.23. The van der Waals surface area contributed by atoms with E-state index in [2.05, 4.69) is 0 Å². The summed E-state index contributed by atoms with van der Waals surface area (Å²) in [4.78, 5) is 0. The Hall–Kier alpha value is -4.52. The van der Waals surface area contributed by atoms with E-state index in [4.69, 9.17) is 4.74 Å². The molecule has 1 nitrogen and oxygen atoms in total. The molecule has 0 aliphatic carbocycles. The first kappa shape index (κ1) is 25.7. The van der Waals surface area contributed by atoms with Gasteiger partial charge in [0.2, 0.25) is 0 Å². The van der Waals surface area contributed by atoms with E-state index >= 15 is 0 Å². The molecule has 0 amide bonds. The quantitative estimate of drug-likeness (QED) is 0.159. The van der Waals surface area contributed by atoms with Gasteiger partial charge >= 0.3 is 12.4 Å². The van der Waals surface area contributed by atoms with Crippen LogP contribution in [0.1, 0.15) is 11.1 Å². The molecular formula is C33H20F6O. The van der Waals surface area contributed by atoms with Crippen LogP contribution in [0.15, 0.2) is 103 Å². The molecule has 0 saturated carbocycles. The van der Waals surface area contributed by atoms with Crippen molar-refractivity contribution in [3.63, 3.8) is 0 Å². The van der Waals surface area contributed by atoms with Gasteiger partial charge in [0.05, 0.1) is 18.2 Å². The van der Waals surface area contributed by atoms with Crippen molar-refractivity contribution in [3.05, 3.63) is 114 Å². The molecule has 0 bridgehead atoms. The zero-order valence-electron chi connectivity index (χ0n) is 21.0. The first-order chi connectivity index (χ1) is 19.0. The maximum absolute atomic E-state index is 13.9. The number of hydrogen-bond acceptors (Lipinski definition) is 1. The summed E-state index contributed by atoms with van der Waals surface area (Å²) in [5.41, 5.74) is 0.648. The highest BCUT2D eigenvalue weighted by atomic mass is 19.4. The number of benzene rings is 6. The Morgan fingerprint density at radius 1 is 0.475 bits per heavy atom. The molecule has 200 valence electrons. The normalized spacial score (nSPS) is 12.4. The number of methoxy groups -OCH3 is 1. The molecule has 0 saturated heterocycles. The van der Waals surface area contributed by atoms with Crippen LogP contribution in [0.4, 0.5) is 26.3 Å². The number of alkyl halides is 6. The molecule has 0 radical (unpaired) electrons. The van der Waals surface area contributed by atoms with Gasteiger partial charge in [-0.25, -0.2) is 0 Å². The van der Waals surface area contributed by atoms with E-state index in [9.17, 15) is 26.3 Å². The monoisotopic (exact) mass is 546 g/mol. The summed E-state index contributed by atoms with van der Waals surface area (Å²) >= 11 is 0. The third kappa shape index (κ3) is 4.41. The Balaban J connectivity index is 1.80. The van der Waals surface area contributed by atoms with Crippen molar-refractivity contribution in [2.24, 2.45) is 0 Å². The molecule has 0 N–H and O–H groups in total. The van der Waals surface area contributed by atoms with Gasteiger partial charge in [0, 0.05) is 0 Å². The molecule has 6 rings (SSSR count). The van der Waals surface area contributed by atoms with Crippen LogP contribution in [-0.4, -0.2) is 7.11 Å². The number of halogens is 6. The number of rotatable bonds is 3. The molecule has 0 aromatic heterocycles. The Morgan fingerprint density at radius 3 is 1.43 bits per heavy atom. The van der Waals surface area contributed by atoms with Crippen LogP contribution in [0.5, 0.6) is 5.75 Å². The molecule has 0 aliphatic rings. The fourth-order valence-corrected chi connectivity index (χ4v) is 5.30. The Morgan fingerprint density at radius 2 is 0.925 bits per heavy atom. The maximum Gasteiger partial charge on any atom is 0.416 e. The van der Waals surface area contributed by atoms with Crippen molar-refractivity contribution < 1.29 is 31.1 Å². The first-order valence-electron chi connectivity index (χ1n) is 12.4. The zero-order chi connectivity index (χ0) is 28.2. The van der Waals surface area contributed by atoms with Gasteiger partial charge in [0.1, 0.15) is 5.75 Å². The summed E-state index contributed by atoms with van der Waals surface area (Å²) in [5.74, 6) is 0.628. The molecule has 0 atom stereocenters. The molecule has 40 heavy (non-hydrogen) atoms. The van der Waals surface area contributed by atoms with Gasteiger partial charge in [-0.3, -0.25) is 0 Å². The molecule has 0 fully saturated rings. The van der Waals surface area contributed by atoms with Crippen molar-refractivity contribution in [2.75, 3.05) is 7.11 Å². The van der Waals surface area contributed by atoms with E-state index in [1.807, 2.05) is 48.5 Å². The number of ether oxygens (including phenoxy) is 1. The molecular weight excluding hydrogens is 526 g/mol. The molecule has 0 spiro atoms. The van der Waals surface area contributed by atoms with Crippen molar-refractivity contribution in [1.82, 2.24) is 0 Å². The smallest absolute Gasteiger partial charge is 0.416 e. The van der Waals surface area contributed by atoms with Crippen LogP contribution in [0.25, 0.3) is 54.6 Å². The molecule has 0 unspecified atom stereocenters. The lowest BCUT2D eigenvalue weighted by Crippen LogP contribution is -2.05. The fraction of sp³-hybridized carbons (Fsp3) is 0.0909. The van der Waals surface area contributed by atoms with Gasteiger partial charge in [-0.1, -0.05) is 54.6 Å². The summed E-state index contributed by atoms with van der Waals surface area (Å²) in [5, 5.41) is 4.03. The molecule has 0 heterocycles. The molecule has 6 aromatic carbocycles. The summed E-state index contributed by atoms with van der Waals surface area (Å²) in [6.07, 6.45) is -9.15. The van der Waals surface area contributed by atoms with E-state index in [-0.39, 0.29) is 0 Å². The number of hydrogen-bond donors (Lipinski definition) is 0. The second-order valence-electron chi connectivity index (χ2n) is 9.56. The summed E-state index contributed by atoms with van der Waals surface area (Å²) < 4.78 is 87.1. The second-order valence-corrected chi connectivity index (χ2v) is 9.56. The predicted molar refractivity (Wildman–Crippen MR) is 146 cm³/mol. The van der Waals surface area contributed by atoms with Crippen LogP contribution < -0.4 is 4.74 Å². The molecule has 0 aliphatic heterocycles. The van der Waals surface area contributed by atoms with Crippen LogP contribution in [-0.2, 0) is 12.4 Å². The largest absolute Gasteiger partial charge is 0.497 e. The summed E-state index contributed by atoms with van der Waals surface area (Å²) in [6.45, 7) is 0. The SMILES string of the molecule is COc1ccc(-c2c3ccc(C(F)(F)F)cc3c(-c3ccc(C(F)(F)F)cc3)c3cc4ccccc4cc23)cc1. The van der Waals surface area contributed by atoms with Gasteiger partial charge in [-0.05, 0) is 103 Å². The number of fused-ring (bicyclic) bond motifs is 3. The van der Waals surface area contributed by atoms with Gasteiger partial charge in [-0.2, -0.15) is 26.3 Å². The van der Waals surface area contributed by atoms with Crippen molar-refractivity contribution in [1.29, 1.82) is 0 Å². The second kappa shape index (κ2) is 9.30. The van der Waals surface area contributed by atoms with Crippen molar-refractivity contribution >= 4 is 32.3 Å². The van der Waals surface area contributed by atoms with Gasteiger partial charge in [0.15, 0.2) is 0 Å². The zero-order valence-corrected chi connectivity index (χ0v) is 21.0. The van der Waals surface area contributed by atoms with Crippen molar-refractivity contribution in [2.45, 2.75) is 12.4 Å². The minimum absolute atomic E-state index is 0.295. The third-order valence-corrected chi connectivity index (χ3v) is 7.19. The standard InChI is InChI=1S/C33H20F6O/c1-40-25-13-8-20(9-14-25)30-26-15-12-24(33(37,38)39)18-29(26)31(19-6-10-23(11-7-19)32(34,35)36)28-17-22-5-3-2-4-21(22)16-27(28)30/h2-18H,1H3. The van der Waals surface area contributed by atoms with E-state index in [0.29, 0.717) is 33.0 Å². The van der Waals surface area contributed by atoms with E-state index in [0.717, 1.165) is 51.6 Å². The average molecular weight is 547 g/mol. The Labute approximate surface area is 225 Å². The van der Waals surface area contributed by atoms with E-state index in [1.54, 1.807) is 19.2 Å². The fourth-order valence-electron chi connectivity index (χ4n) is 5.30. The highest BCUT2D eigenvalue weighted by Crippen LogP contribution is 2.47. The third-order valence-electron chi connectivity index (χ3n) is 7.19. The van der Waals surface area contributed by atoms with Crippen LogP contribution >= 0.6 is 0 Å².